The number of fused-ring (bicyclic) bond motifs is 18. The van der Waals surface area contributed by atoms with E-state index < -0.39 is 10.8 Å². The van der Waals surface area contributed by atoms with Gasteiger partial charge in [0.15, 0.2) is 0 Å². The molecule has 2 heterocycles. The molecule has 10 aromatic rings. The van der Waals surface area contributed by atoms with E-state index >= 15 is 0 Å². The predicted molar refractivity (Wildman–Crippen MR) is 261 cm³/mol. The van der Waals surface area contributed by atoms with Crippen molar-refractivity contribution < 1.29 is 9.47 Å². The highest BCUT2D eigenvalue weighted by Crippen LogP contribution is 2.65. The Morgan fingerprint density at radius 2 is 0.692 bits per heavy atom. The predicted octanol–water partition coefficient (Wildman–Crippen LogP) is 15.8. The Bertz CT molecular complexity index is 3500. The summed E-state index contributed by atoms with van der Waals surface area (Å²) in [5, 5.41) is 0. The number of rotatable bonds is 4. The van der Waals surface area contributed by atoms with Crippen molar-refractivity contribution in [3.05, 3.63) is 281 Å². The van der Waals surface area contributed by atoms with Crippen LogP contribution in [0.1, 0.15) is 44.5 Å². The Morgan fingerprint density at radius 1 is 0.277 bits per heavy atom. The van der Waals surface area contributed by atoms with E-state index in [2.05, 4.69) is 241 Å². The second kappa shape index (κ2) is 13.6. The van der Waals surface area contributed by atoms with E-state index in [0.717, 1.165) is 73.4 Å². The average Bonchev–Trinajstić information content (AvgIpc) is 3.83. The van der Waals surface area contributed by atoms with Crippen LogP contribution >= 0.6 is 0 Å². The normalized spacial score (nSPS) is 14.3. The fourth-order valence-corrected chi connectivity index (χ4v) is 12.0. The molecule has 0 fully saturated rings. The minimum atomic E-state index is -0.588. The smallest absolute Gasteiger partial charge is 0.132 e. The number of ether oxygens (including phenoxy) is 2. The van der Waals surface area contributed by atoms with Crippen LogP contribution in [0.25, 0.3) is 33.4 Å². The van der Waals surface area contributed by atoms with Gasteiger partial charge in [-0.2, -0.15) is 0 Å². The molecular weight excluding hydrogens is 791 g/mol. The highest BCUT2D eigenvalue weighted by atomic mass is 16.5. The first-order chi connectivity index (χ1) is 32.3. The van der Waals surface area contributed by atoms with Crippen LogP contribution in [0, 0.1) is 0 Å². The second-order valence-corrected chi connectivity index (χ2v) is 17.4. The molecule has 3 nitrogen and oxygen atoms in total. The summed E-state index contributed by atoms with van der Waals surface area (Å²) < 4.78 is 13.4. The standard InChI is InChI=1S/C62H39NO2/c1-2-19-41(20-3-1)63(55-32-18-30-52-60(55)45-23-5-8-25-47(45)61(52)48-26-9-14-33-56(48)64-57-34-15-10-27-49(57)61)54-31-13-6-21-42(54)40-37-38-44-43-22-4-7-24-46(43)62(53(44)39-40)50-28-11-16-35-58(50)65-59-36-17-12-29-51(59)62/h1-39H. The molecule has 0 saturated carbocycles. The van der Waals surface area contributed by atoms with Gasteiger partial charge in [-0.15, -0.1) is 0 Å². The van der Waals surface area contributed by atoms with E-state index in [0.29, 0.717) is 0 Å². The fraction of sp³-hybridized carbons (Fsp3) is 0.0323. The van der Waals surface area contributed by atoms with Gasteiger partial charge in [-0.25, -0.2) is 0 Å². The zero-order chi connectivity index (χ0) is 42.7. The molecule has 0 amide bonds. The lowest BCUT2D eigenvalue weighted by Crippen LogP contribution is -2.32. The number of hydrogen-bond donors (Lipinski definition) is 0. The Morgan fingerprint density at radius 3 is 1.29 bits per heavy atom. The van der Waals surface area contributed by atoms with Gasteiger partial charge in [-0.05, 0) is 99.1 Å². The molecule has 3 heteroatoms. The average molecular weight is 830 g/mol. The zero-order valence-corrected chi connectivity index (χ0v) is 35.3. The molecule has 0 atom stereocenters. The Hall–Kier alpha value is -8.40. The molecule has 0 saturated heterocycles. The highest BCUT2D eigenvalue weighted by Gasteiger charge is 2.53. The van der Waals surface area contributed by atoms with Gasteiger partial charge in [0.25, 0.3) is 0 Å². The van der Waals surface area contributed by atoms with E-state index in [1.807, 2.05) is 0 Å². The molecular formula is C62H39NO2. The Kier molecular flexibility index (Phi) is 7.53. The monoisotopic (exact) mass is 829 g/mol. The van der Waals surface area contributed by atoms with Crippen LogP contribution in [0.3, 0.4) is 0 Å². The maximum Gasteiger partial charge on any atom is 0.132 e. The summed E-state index contributed by atoms with van der Waals surface area (Å²) in [7, 11) is 0. The Balaban J connectivity index is 1.03. The van der Waals surface area contributed by atoms with E-state index in [1.54, 1.807) is 0 Å². The first-order valence-electron chi connectivity index (χ1n) is 22.4. The second-order valence-electron chi connectivity index (χ2n) is 17.4. The topological polar surface area (TPSA) is 21.7 Å². The number of para-hydroxylation sites is 6. The molecule has 0 aromatic heterocycles. The molecule has 10 aromatic carbocycles. The molecule has 4 aliphatic rings. The summed E-state index contributed by atoms with van der Waals surface area (Å²) in [4.78, 5) is 2.48. The molecule has 0 N–H and O–H groups in total. The summed E-state index contributed by atoms with van der Waals surface area (Å²) >= 11 is 0. The van der Waals surface area contributed by atoms with Crippen molar-refractivity contribution in [3.63, 3.8) is 0 Å². The molecule has 0 unspecified atom stereocenters. The van der Waals surface area contributed by atoms with Crippen LogP contribution in [-0.2, 0) is 10.8 Å². The quantitative estimate of drug-likeness (QED) is 0.176. The number of nitrogens with zero attached hydrogens (tertiary/aromatic N) is 1. The summed E-state index contributed by atoms with van der Waals surface area (Å²) in [5.41, 5.74) is 19.0. The van der Waals surface area contributed by atoms with E-state index in [-0.39, 0.29) is 0 Å². The van der Waals surface area contributed by atoms with Crippen molar-refractivity contribution in [2.24, 2.45) is 0 Å². The maximum absolute atomic E-state index is 6.69. The fourth-order valence-electron chi connectivity index (χ4n) is 12.0. The van der Waals surface area contributed by atoms with Crippen LogP contribution in [0.5, 0.6) is 23.0 Å². The first-order valence-corrected chi connectivity index (χ1v) is 22.4. The van der Waals surface area contributed by atoms with Gasteiger partial charge in [-0.1, -0.05) is 182 Å². The van der Waals surface area contributed by atoms with Gasteiger partial charge < -0.3 is 14.4 Å². The summed E-state index contributed by atoms with van der Waals surface area (Å²) in [6.45, 7) is 0. The van der Waals surface area contributed by atoms with Crippen molar-refractivity contribution in [2.45, 2.75) is 10.8 Å². The summed E-state index contributed by atoms with van der Waals surface area (Å²) in [6, 6.07) is 86.1. The van der Waals surface area contributed by atoms with Crippen LogP contribution in [-0.4, -0.2) is 0 Å². The maximum atomic E-state index is 6.69. The lowest BCUT2D eigenvalue weighted by Gasteiger charge is -2.39. The molecule has 65 heavy (non-hydrogen) atoms. The molecule has 2 spiro atoms. The van der Waals surface area contributed by atoms with Crippen molar-refractivity contribution in [3.8, 4) is 56.4 Å². The third-order valence-electron chi connectivity index (χ3n) is 14.4. The van der Waals surface area contributed by atoms with Crippen molar-refractivity contribution in [1.29, 1.82) is 0 Å². The molecule has 14 rings (SSSR count). The largest absolute Gasteiger partial charge is 0.457 e. The summed E-state index contributed by atoms with van der Waals surface area (Å²) in [6.07, 6.45) is 0. The minimum Gasteiger partial charge on any atom is -0.457 e. The van der Waals surface area contributed by atoms with Gasteiger partial charge in [0.05, 0.1) is 22.2 Å². The van der Waals surface area contributed by atoms with E-state index in [9.17, 15) is 0 Å². The third-order valence-corrected chi connectivity index (χ3v) is 14.4. The van der Waals surface area contributed by atoms with Gasteiger partial charge in [0.1, 0.15) is 23.0 Å². The van der Waals surface area contributed by atoms with Crippen LogP contribution in [0.2, 0.25) is 0 Å². The minimum absolute atomic E-state index is 0.573. The molecule has 2 aliphatic carbocycles. The lowest BCUT2D eigenvalue weighted by molar-refractivity contribution is 0.436. The molecule has 0 bridgehead atoms. The summed E-state index contributed by atoms with van der Waals surface area (Å²) in [5.74, 6) is 3.55. The zero-order valence-electron chi connectivity index (χ0n) is 35.3. The number of hydrogen-bond acceptors (Lipinski definition) is 3. The van der Waals surface area contributed by atoms with Crippen molar-refractivity contribution in [1.82, 2.24) is 0 Å². The van der Waals surface area contributed by atoms with Gasteiger partial charge in [0.2, 0.25) is 0 Å². The SMILES string of the molecule is c1ccc(N(c2ccccc2-c2ccc3c(c2)C2(c4ccccc4Oc4ccccc42)c2ccccc2-3)c2cccc3c2-c2ccccc2C32c3ccccc3Oc3ccccc32)cc1. The third kappa shape index (κ3) is 4.74. The lowest BCUT2D eigenvalue weighted by atomic mass is 9.66. The number of benzene rings is 10. The molecule has 2 aliphatic heterocycles. The number of anilines is 3. The van der Waals surface area contributed by atoms with Gasteiger partial charge in [0, 0.05) is 39.1 Å². The van der Waals surface area contributed by atoms with Crippen LogP contribution in [0.4, 0.5) is 17.1 Å². The highest BCUT2D eigenvalue weighted by molar-refractivity contribution is 6.01. The van der Waals surface area contributed by atoms with Gasteiger partial charge in [-0.3, -0.25) is 0 Å². The first kappa shape index (κ1) is 36.1. The molecule has 0 radical (unpaired) electrons. The van der Waals surface area contributed by atoms with E-state index in [1.165, 1.54) is 44.5 Å². The van der Waals surface area contributed by atoms with Crippen molar-refractivity contribution >= 4 is 17.1 Å². The van der Waals surface area contributed by atoms with Crippen molar-refractivity contribution in [2.75, 3.05) is 4.90 Å². The van der Waals surface area contributed by atoms with Crippen LogP contribution < -0.4 is 14.4 Å². The Labute approximate surface area is 378 Å². The van der Waals surface area contributed by atoms with E-state index in [4.69, 9.17) is 9.47 Å². The van der Waals surface area contributed by atoms with Gasteiger partial charge >= 0.3 is 0 Å². The van der Waals surface area contributed by atoms with Crippen LogP contribution in [0.15, 0.2) is 237 Å². The molecule has 304 valence electrons.